The molecule has 0 aromatic rings. The van der Waals surface area contributed by atoms with Gasteiger partial charge in [0.25, 0.3) is 0 Å². The lowest BCUT2D eigenvalue weighted by atomic mass is 9.78. The van der Waals surface area contributed by atoms with E-state index < -0.39 is 0 Å². The maximum atomic E-state index is 9.92. The Morgan fingerprint density at radius 1 is 1.23 bits per heavy atom. The normalized spacial score (nSPS) is 41.3. The molecule has 2 saturated carbocycles. The van der Waals surface area contributed by atoms with Gasteiger partial charge in [0, 0.05) is 19.6 Å². The molecule has 1 N–H and O–H groups in total. The Bertz CT molecular complexity index is 202. The van der Waals surface area contributed by atoms with Crippen molar-refractivity contribution < 1.29 is 5.11 Å². The number of fused-ring (bicyclic) bond motifs is 1. The summed E-state index contributed by atoms with van der Waals surface area (Å²) in [5.74, 6) is 2.08. The first kappa shape index (κ1) is 8.25. The van der Waals surface area contributed by atoms with Crippen molar-refractivity contribution in [2.75, 3.05) is 19.6 Å². The predicted octanol–water partition coefficient (Wildman–Crippen LogP) is 1.24. The molecule has 3 fully saturated rings. The van der Waals surface area contributed by atoms with Gasteiger partial charge < -0.3 is 10.0 Å². The molecule has 2 heteroatoms. The molecular weight excluding hydrogens is 162 g/mol. The Hall–Kier alpha value is -0.0800. The van der Waals surface area contributed by atoms with Crippen LogP contribution in [0.2, 0.25) is 0 Å². The van der Waals surface area contributed by atoms with Crippen molar-refractivity contribution in [3.05, 3.63) is 0 Å². The molecule has 1 heterocycles. The van der Waals surface area contributed by atoms with Crippen LogP contribution >= 0.6 is 0 Å². The minimum absolute atomic E-state index is 0.257. The summed E-state index contributed by atoms with van der Waals surface area (Å²) in [7, 11) is 0. The third-order valence-electron chi connectivity index (χ3n) is 4.23. The van der Waals surface area contributed by atoms with Gasteiger partial charge in [0.1, 0.15) is 0 Å². The van der Waals surface area contributed by atoms with Crippen molar-refractivity contribution in [2.24, 2.45) is 11.8 Å². The molecule has 13 heavy (non-hydrogen) atoms. The zero-order valence-corrected chi connectivity index (χ0v) is 8.21. The van der Waals surface area contributed by atoms with E-state index in [1.165, 1.54) is 25.9 Å². The molecule has 0 bridgehead atoms. The van der Waals surface area contributed by atoms with Gasteiger partial charge in [-0.1, -0.05) is 0 Å². The fourth-order valence-corrected chi connectivity index (χ4v) is 2.88. The van der Waals surface area contributed by atoms with Gasteiger partial charge in [-0.3, -0.25) is 0 Å². The van der Waals surface area contributed by atoms with E-state index in [0.717, 1.165) is 37.6 Å². The van der Waals surface area contributed by atoms with Gasteiger partial charge in [0.15, 0.2) is 0 Å². The third-order valence-corrected chi connectivity index (χ3v) is 4.23. The van der Waals surface area contributed by atoms with Gasteiger partial charge in [-0.15, -0.1) is 0 Å². The first-order chi connectivity index (χ1) is 6.25. The second kappa shape index (κ2) is 2.71. The summed E-state index contributed by atoms with van der Waals surface area (Å²) in [5.41, 5.74) is -0.257. The first-order valence-corrected chi connectivity index (χ1v) is 5.70. The Morgan fingerprint density at radius 3 is 2.46 bits per heavy atom. The van der Waals surface area contributed by atoms with Crippen molar-refractivity contribution in [1.29, 1.82) is 0 Å². The number of aliphatic hydroxyl groups is 1. The highest BCUT2D eigenvalue weighted by Gasteiger charge is 2.45. The predicted molar refractivity (Wildman–Crippen MR) is 51.5 cm³/mol. The van der Waals surface area contributed by atoms with Crippen molar-refractivity contribution in [3.8, 4) is 0 Å². The Labute approximate surface area is 79.9 Å². The Morgan fingerprint density at radius 2 is 1.92 bits per heavy atom. The first-order valence-electron chi connectivity index (χ1n) is 5.70. The second-order valence-corrected chi connectivity index (χ2v) is 5.34. The van der Waals surface area contributed by atoms with Gasteiger partial charge in [-0.25, -0.2) is 0 Å². The quantitative estimate of drug-likeness (QED) is 0.708. The molecule has 2 aliphatic carbocycles. The summed E-state index contributed by atoms with van der Waals surface area (Å²) < 4.78 is 0. The van der Waals surface area contributed by atoms with E-state index in [2.05, 4.69) is 4.90 Å². The zero-order valence-electron chi connectivity index (χ0n) is 8.21. The number of likely N-dealkylation sites (tertiary alicyclic amines) is 1. The van der Waals surface area contributed by atoms with E-state index in [1.54, 1.807) is 0 Å². The lowest BCUT2D eigenvalue weighted by Gasteiger charge is -2.37. The molecule has 0 spiro atoms. The minimum atomic E-state index is -0.257. The zero-order chi connectivity index (χ0) is 8.89. The summed E-state index contributed by atoms with van der Waals surface area (Å²) in [6, 6.07) is 0. The van der Waals surface area contributed by atoms with Crippen LogP contribution in [0.25, 0.3) is 0 Å². The van der Waals surface area contributed by atoms with E-state index in [0.29, 0.717) is 0 Å². The van der Waals surface area contributed by atoms with Gasteiger partial charge in [0.2, 0.25) is 0 Å². The molecule has 0 aromatic carbocycles. The van der Waals surface area contributed by atoms with Crippen LogP contribution in [0.15, 0.2) is 0 Å². The molecule has 2 nitrogen and oxygen atoms in total. The van der Waals surface area contributed by atoms with Crippen molar-refractivity contribution in [2.45, 2.75) is 37.7 Å². The number of hydrogen-bond acceptors (Lipinski definition) is 2. The van der Waals surface area contributed by atoms with Crippen LogP contribution in [0, 0.1) is 11.8 Å². The summed E-state index contributed by atoms with van der Waals surface area (Å²) >= 11 is 0. The lowest BCUT2D eigenvalue weighted by Crippen LogP contribution is -2.40. The standard InChI is InChI=1S/C11H19NO/c13-11(2-1-3-11)4-5-12-7-9-6-10(9)8-12/h9-10,13H,1-8H2. The van der Waals surface area contributed by atoms with Gasteiger partial charge in [-0.05, 0) is 43.9 Å². The lowest BCUT2D eigenvalue weighted by molar-refractivity contribution is -0.0457. The second-order valence-electron chi connectivity index (χ2n) is 5.34. The van der Waals surface area contributed by atoms with Crippen LogP contribution in [0.1, 0.15) is 32.1 Å². The molecule has 1 saturated heterocycles. The van der Waals surface area contributed by atoms with Crippen LogP contribution in [0.4, 0.5) is 0 Å². The number of nitrogens with zero attached hydrogens (tertiary/aromatic N) is 1. The highest BCUT2D eigenvalue weighted by atomic mass is 16.3. The Balaban J connectivity index is 1.43. The molecule has 2 atom stereocenters. The van der Waals surface area contributed by atoms with Crippen molar-refractivity contribution >= 4 is 0 Å². The third kappa shape index (κ3) is 1.50. The summed E-state index contributed by atoms with van der Waals surface area (Å²) in [6.45, 7) is 3.78. The molecule has 0 radical (unpaired) electrons. The topological polar surface area (TPSA) is 23.5 Å². The van der Waals surface area contributed by atoms with Crippen LogP contribution in [-0.2, 0) is 0 Å². The van der Waals surface area contributed by atoms with E-state index in [1.807, 2.05) is 0 Å². The van der Waals surface area contributed by atoms with E-state index in [4.69, 9.17) is 0 Å². The fourth-order valence-electron chi connectivity index (χ4n) is 2.88. The molecule has 0 amide bonds. The molecular formula is C11H19NO. The molecule has 74 valence electrons. The number of hydrogen-bond donors (Lipinski definition) is 1. The van der Waals surface area contributed by atoms with E-state index in [9.17, 15) is 5.11 Å². The van der Waals surface area contributed by atoms with Crippen molar-refractivity contribution in [3.63, 3.8) is 0 Å². The highest BCUT2D eigenvalue weighted by Crippen LogP contribution is 2.45. The van der Waals surface area contributed by atoms with E-state index in [-0.39, 0.29) is 5.60 Å². The summed E-state index contributed by atoms with van der Waals surface area (Å²) in [5, 5.41) is 9.92. The van der Waals surface area contributed by atoms with Gasteiger partial charge in [0.05, 0.1) is 5.60 Å². The van der Waals surface area contributed by atoms with E-state index >= 15 is 0 Å². The molecule has 3 aliphatic rings. The molecule has 2 unspecified atom stereocenters. The van der Waals surface area contributed by atoms with Gasteiger partial charge in [-0.2, -0.15) is 0 Å². The molecule has 0 aromatic heterocycles. The molecule has 3 rings (SSSR count). The maximum Gasteiger partial charge on any atom is 0.0660 e. The maximum absolute atomic E-state index is 9.92. The van der Waals surface area contributed by atoms with Gasteiger partial charge >= 0.3 is 0 Å². The largest absolute Gasteiger partial charge is 0.390 e. The number of piperidine rings is 1. The number of rotatable bonds is 3. The minimum Gasteiger partial charge on any atom is -0.390 e. The SMILES string of the molecule is OC1(CCN2CC3CC3C2)CCC1. The smallest absolute Gasteiger partial charge is 0.0660 e. The Kier molecular flexibility index (Phi) is 1.72. The van der Waals surface area contributed by atoms with Crippen LogP contribution < -0.4 is 0 Å². The fraction of sp³-hybridized carbons (Fsp3) is 1.00. The van der Waals surface area contributed by atoms with Crippen LogP contribution in [0.5, 0.6) is 0 Å². The molecule has 1 aliphatic heterocycles. The van der Waals surface area contributed by atoms with Crippen molar-refractivity contribution in [1.82, 2.24) is 4.90 Å². The van der Waals surface area contributed by atoms with Crippen LogP contribution in [-0.4, -0.2) is 35.2 Å². The average molecular weight is 181 g/mol. The average Bonchev–Trinajstić information content (AvgIpc) is 2.68. The van der Waals surface area contributed by atoms with Crippen LogP contribution in [0.3, 0.4) is 0 Å². The monoisotopic (exact) mass is 181 g/mol. The summed E-state index contributed by atoms with van der Waals surface area (Å²) in [4.78, 5) is 2.55. The summed E-state index contributed by atoms with van der Waals surface area (Å²) in [6.07, 6.45) is 5.84. The highest BCUT2D eigenvalue weighted by molar-refractivity contribution is 4.97.